The van der Waals surface area contributed by atoms with E-state index in [2.05, 4.69) is 56.9 Å². The van der Waals surface area contributed by atoms with Gasteiger partial charge in [-0.15, -0.1) is 10.2 Å². The standard InChI is InChI=1S/C22H35N7O/c1-17-6-5-7-19(14-17)16-29-11-8-20(9-12-29)25-22(23-10-13-30-4)24-15-21-27-26-18(2)28(21)3/h5-7,14,20H,8-13,15-16H2,1-4H3,(H2,23,24,25). The first-order chi connectivity index (χ1) is 14.5. The van der Waals surface area contributed by atoms with Crippen LogP contribution < -0.4 is 10.6 Å². The van der Waals surface area contributed by atoms with E-state index in [0.29, 0.717) is 25.7 Å². The van der Waals surface area contributed by atoms with Crippen LogP contribution in [0.1, 0.15) is 35.6 Å². The lowest BCUT2D eigenvalue weighted by atomic mass is 10.0. The SMILES string of the molecule is COCCNC(=NCc1nnc(C)n1C)NC1CCN(Cc2cccc(C)c2)CC1. The van der Waals surface area contributed by atoms with Gasteiger partial charge in [0.05, 0.1) is 6.61 Å². The van der Waals surface area contributed by atoms with Crippen molar-refractivity contribution in [3.05, 3.63) is 47.0 Å². The van der Waals surface area contributed by atoms with E-state index in [-0.39, 0.29) is 0 Å². The molecule has 0 spiro atoms. The largest absolute Gasteiger partial charge is 0.383 e. The van der Waals surface area contributed by atoms with Crippen LogP contribution in [0.15, 0.2) is 29.3 Å². The normalized spacial score (nSPS) is 16.1. The van der Waals surface area contributed by atoms with E-state index in [1.807, 2.05) is 18.5 Å². The van der Waals surface area contributed by atoms with Crippen molar-refractivity contribution in [2.24, 2.45) is 12.0 Å². The highest BCUT2D eigenvalue weighted by atomic mass is 16.5. The van der Waals surface area contributed by atoms with Crippen LogP contribution in [0.25, 0.3) is 0 Å². The van der Waals surface area contributed by atoms with Gasteiger partial charge < -0.3 is 19.9 Å². The summed E-state index contributed by atoms with van der Waals surface area (Å²) in [6, 6.07) is 9.21. The van der Waals surface area contributed by atoms with E-state index >= 15 is 0 Å². The van der Waals surface area contributed by atoms with Crippen molar-refractivity contribution in [1.29, 1.82) is 0 Å². The number of aliphatic imine (C=N–C) groups is 1. The second-order valence-electron chi connectivity index (χ2n) is 7.99. The molecular formula is C22H35N7O. The van der Waals surface area contributed by atoms with Crippen molar-refractivity contribution < 1.29 is 4.74 Å². The lowest BCUT2D eigenvalue weighted by Crippen LogP contribution is -2.49. The van der Waals surface area contributed by atoms with E-state index in [4.69, 9.17) is 9.73 Å². The smallest absolute Gasteiger partial charge is 0.192 e. The zero-order valence-corrected chi connectivity index (χ0v) is 18.7. The van der Waals surface area contributed by atoms with Crippen LogP contribution >= 0.6 is 0 Å². The third kappa shape index (κ3) is 6.53. The molecule has 3 rings (SSSR count). The molecule has 1 aromatic heterocycles. The number of aryl methyl sites for hydroxylation is 2. The van der Waals surface area contributed by atoms with Gasteiger partial charge in [-0.2, -0.15) is 0 Å². The second-order valence-corrected chi connectivity index (χ2v) is 7.99. The second kappa shape index (κ2) is 11.1. The van der Waals surface area contributed by atoms with Gasteiger partial charge in [0.25, 0.3) is 0 Å². The van der Waals surface area contributed by atoms with Gasteiger partial charge in [0, 0.05) is 46.4 Å². The molecule has 1 aromatic carbocycles. The minimum Gasteiger partial charge on any atom is -0.383 e. The number of nitrogens with zero attached hydrogens (tertiary/aromatic N) is 5. The molecule has 0 aliphatic carbocycles. The quantitative estimate of drug-likeness (QED) is 0.390. The molecule has 2 heterocycles. The van der Waals surface area contributed by atoms with Gasteiger partial charge in [0.15, 0.2) is 11.8 Å². The topological polar surface area (TPSA) is 79.6 Å². The van der Waals surface area contributed by atoms with Crippen LogP contribution in [0.4, 0.5) is 0 Å². The molecular weight excluding hydrogens is 378 g/mol. The van der Waals surface area contributed by atoms with Crippen molar-refractivity contribution in [3.8, 4) is 0 Å². The summed E-state index contributed by atoms with van der Waals surface area (Å²) in [5.74, 6) is 2.56. The maximum absolute atomic E-state index is 5.17. The Morgan fingerprint density at radius 1 is 1.23 bits per heavy atom. The minimum absolute atomic E-state index is 0.411. The van der Waals surface area contributed by atoms with Gasteiger partial charge in [0.1, 0.15) is 12.4 Å². The number of rotatable bonds is 8. The maximum Gasteiger partial charge on any atom is 0.192 e. The van der Waals surface area contributed by atoms with Crippen molar-refractivity contribution in [1.82, 2.24) is 30.3 Å². The average molecular weight is 414 g/mol. The molecule has 0 atom stereocenters. The highest BCUT2D eigenvalue weighted by Crippen LogP contribution is 2.15. The van der Waals surface area contributed by atoms with Crippen LogP contribution in [-0.2, 0) is 24.9 Å². The van der Waals surface area contributed by atoms with Crippen molar-refractivity contribution in [2.45, 2.75) is 45.8 Å². The number of likely N-dealkylation sites (tertiary alicyclic amines) is 1. The Hall–Kier alpha value is -2.45. The average Bonchev–Trinajstić information content (AvgIpc) is 3.05. The highest BCUT2D eigenvalue weighted by Gasteiger charge is 2.20. The van der Waals surface area contributed by atoms with Gasteiger partial charge in [-0.25, -0.2) is 4.99 Å². The predicted octanol–water partition coefficient (Wildman–Crippen LogP) is 1.78. The number of aromatic nitrogens is 3. The Labute approximate surface area is 179 Å². The summed E-state index contributed by atoms with van der Waals surface area (Å²) in [6.45, 7) is 9.13. The summed E-state index contributed by atoms with van der Waals surface area (Å²) in [4.78, 5) is 7.26. The van der Waals surface area contributed by atoms with Crippen LogP contribution in [0, 0.1) is 13.8 Å². The van der Waals surface area contributed by atoms with Crippen molar-refractivity contribution in [2.75, 3.05) is 33.4 Å². The zero-order valence-electron chi connectivity index (χ0n) is 18.7. The number of ether oxygens (including phenoxy) is 1. The summed E-state index contributed by atoms with van der Waals surface area (Å²) in [7, 11) is 3.67. The fraction of sp³-hybridized carbons (Fsp3) is 0.591. The summed E-state index contributed by atoms with van der Waals surface area (Å²) in [6.07, 6.45) is 2.19. The van der Waals surface area contributed by atoms with E-state index in [0.717, 1.165) is 50.1 Å². The first-order valence-corrected chi connectivity index (χ1v) is 10.7. The van der Waals surface area contributed by atoms with E-state index in [1.165, 1.54) is 11.1 Å². The van der Waals surface area contributed by atoms with Gasteiger partial charge in [-0.3, -0.25) is 4.90 Å². The molecule has 1 aliphatic rings. The number of hydrogen-bond donors (Lipinski definition) is 2. The van der Waals surface area contributed by atoms with E-state index in [9.17, 15) is 0 Å². The third-order valence-corrected chi connectivity index (χ3v) is 5.58. The Morgan fingerprint density at radius 2 is 2.03 bits per heavy atom. The summed E-state index contributed by atoms with van der Waals surface area (Å²) in [5, 5.41) is 15.3. The number of guanidine groups is 1. The molecule has 2 N–H and O–H groups in total. The van der Waals surface area contributed by atoms with Crippen molar-refractivity contribution >= 4 is 5.96 Å². The molecule has 164 valence electrons. The Bertz CT molecular complexity index is 825. The van der Waals surface area contributed by atoms with Crippen LogP contribution in [0.3, 0.4) is 0 Å². The Kier molecular flexibility index (Phi) is 8.21. The molecule has 2 aromatic rings. The minimum atomic E-state index is 0.411. The Morgan fingerprint density at radius 3 is 2.70 bits per heavy atom. The number of benzene rings is 1. The first-order valence-electron chi connectivity index (χ1n) is 10.7. The summed E-state index contributed by atoms with van der Waals surface area (Å²) in [5.41, 5.74) is 2.72. The molecule has 30 heavy (non-hydrogen) atoms. The third-order valence-electron chi connectivity index (χ3n) is 5.58. The highest BCUT2D eigenvalue weighted by molar-refractivity contribution is 5.80. The number of methoxy groups -OCH3 is 1. The molecule has 8 heteroatoms. The van der Waals surface area contributed by atoms with Crippen LogP contribution in [0.5, 0.6) is 0 Å². The van der Waals surface area contributed by atoms with Crippen LogP contribution in [-0.4, -0.2) is 65.0 Å². The summed E-state index contributed by atoms with van der Waals surface area (Å²) < 4.78 is 7.14. The monoisotopic (exact) mass is 413 g/mol. The Balaban J connectivity index is 1.52. The van der Waals surface area contributed by atoms with Gasteiger partial charge in [0.2, 0.25) is 0 Å². The fourth-order valence-corrected chi connectivity index (χ4v) is 3.66. The number of piperidine rings is 1. The van der Waals surface area contributed by atoms with Gasteiger partial charge in [-0.05, 0) is 32.3 Å². The number of nitrogens with one attached hydrogen (secondary N) is 2. The maximum atomic E-state index is 5.17. The summed E-state index contributed by atoms with van der Waals surface area (Å²) >= 11 is 0. The van der Waals surface area contributed by atoms with Crippen LogP contribution in [0.2, 0.25) is 0 Å². The van der Waals surface area contributed by atoms with Gasteiger partial charge >= 0.3 is 0 Å². The number of hydrogen-bond acceptors (Lipinski definition) is 5. The molecule has 0 radical (unpaired) electrons. The molecule has 0 bridgehead atoms. The fourth-order valence-electron chi connectivity index (χ4n) is 3.66. The molecule has 0 amide bonds. The molecule has 8 nitrogen and oxygen atoms in total. The molecule has 0 saturated carbocycles. The van der Waals surface area contributed by atoms with Gasteiger partial charge in [-0.1, -0.05) is 29.8 Å². The zero-order chi connectivity index (χ0) is 21.3. The molecule has 0 unspecified atom stereocenters. The lowest BCUT2D eigenvalue weighted by molar-refractivity contribution is 0.196. The van der Waals surface area contributed by atoms with E-state index in [1.54, 1.807) is 7.11 Å². The molecule has 1 aliphatic heterocycles. The molecule has 1 saturated heterocycles. The first kappa shape index (κ1) is 22.2. The van der Waals surface area contributed by atoms with E-state index < -0.39 is 0 Å². The predicted molar refractivity (Wildman–Crippen MR) is 119 cm³/mol. The molecule has 1 fully saturated rings. The van der Waals surface area contributed by atoms with Crippen molar-refractivity contribution in [3.63, 3.8) is 0 Å². The lowest BCUT2D eigenvalue weighted by Gasteiger charge is -2.33.